The third kappa shape index (κ3) is 10.7. The molecule has 0 bridgehead atoms. The van der Waals surface area contributed by atoms with Gasteiger partial charge < -0.3 is 23.7 Å². The van der Waals surface area contributed by atoms with E-state index in [9.17, 15) is 27.6 Å². The normalized spacial score (nSPS) is 15.0. The van der Waals surface area contributed by atoms with Gasteiger partial charge in [0.05, 0.1) is 29.2 Å². The van der Waals surface area contributed by atoms with Gasteiger partial charge in [0.25, 0.3) is 11.8 Å². The van der Waals surface area contributed by atoms with E-state index in [1.54, 1.807) is 30.3 Å². The first kappa shape index (κ1) is 45.5. The van der Waals surface area contributed by atoms with Crippen LogP contribution in [0.2, 0.25) is 0 Å². The number of imide groups is 2. The third-order valence-electron chi connectivity index (χ3n) is 11.4. The Balaban J connectivity index is 0.818. The predicted molar refractivity (Wildman–Crippen MR) is 247 cm³/mol. The number of sulfone groups is 1. The zero-order valence-corrected chi connectivity index (χ0v) is 37.4. The van der Waals surface area contributed by atoms with Crippen LogP contribution in [0.3, 0.4) is 0 Å². The molecule has 8 rings (SSSR count). The lowest BCUT2D eigenvalue weighted by Crippen LogP contribution is -2.54. The number of piperidine rings is 1. The number of amides is 4. The van der Waals surface area contributed by atoms with Crippen molar-refractivity contribution in [2.45, 2.75) is 37.3 Å². The number of nitrogens with zero attached hydrogens (tertiary/aromatic N) is 2. The fourth-order valence-electron chi connectivity index (χ4n) is 7.83. The van der Waals surface area contributed by atoms with Gasteiger partial charge in [0.15, 0.2) is 9.84 Å². The number of nitrogens with one attached hydrogen (secondary N) is 1. The van der Waals surface area contributed by atoms with E-state index in [1.807, 2.05) is 84.9 Å². The number of ether oxygens (including phenoxy) is 5. The van der Waals surface area contributed by atoms with Crippen molar-refractivity contribution in [1.82, 2.24) is 15.1 Å². The quantitative estimate of drug-likeness (QED) is 0.0594. The summed E-state index contributed by atoms with van der Waals surface area (Å²) in [7, 11) is -3.36. The highest BCUT2D eigenvalue weighted by Gasteiger charge is 2.44. The lowest BCUT2D eigenvalue weighted by molar-refractivity contribution is -0.136. The van der Waals surface area contributed by atoms with Crippen molar-refractivity contribution in [3.05, 3.63) is 144 Å². The van der Waals surface area contributed by atoms with Crippen LogP contribution in [0.4, 0.5) is 0 Å². The summed E-state index contributed by atoms with van der Waals surface area (Å²) in [6.45, 7) is 6.06. The minimum absolute atomic E-state index is 0.0518. The Morgan fingerprint density at radius 3 is 2.08 bits per heavy atom. The molecule has 6 aromatic carbocycles. The van der Waals surface area contributed by atoms with Gasteiger partial charge in [0, 0.05) is 36.7 Å². The van der Waals surface area contributed by atoms with Crippen LogP contribution in [0, 0.1) is 0 Å². The van der Waals surface area contributed by atoms with Crippen LogP contribution in [0.1, 0.15) is 46.0 Å². The van der Waals surface area contributed by atoms with Crippen molar-refractivity contribution in [2.24, 2.45) is 0 Å². The number of carbonyl (C=O) groups excluding carboxylic acids is 4. The van der Waals surface area contributed by atoms with Crippen LogP contribution in [0.15, 0.2) is 132 Å². The van der Waals surface area contributed by atoms with Crippen LogP contribution in [0.25, 0.3) is 21.9 Å². The van der Waals surface area contributed by atoms with Gasteiger partial charge in [-0.05, 0) is 108 Å². The molecule has 0 aliphatic carbocycles. The van der Waals surface area contributed by atoms with Crippen molar-refractivity contribution in [3.63, 3.8) is 0 Å². The summed E-state index contributed by atoms with van der Waals surface area (Å²) in [4.78, 5) is 53.4. The summed E-state index contributed by atoms with van der Waals surface area (Å²) in [6.07, 6.45) is 1.33. The van der Waals surface area contributed by atoms with Crippen LogP contribution in [0.5, 0.6) is 28.7 Å². The van der Waals surface area contributed by atoms with Crippen molar-refractivity contribution < 1.29 is 51.3 Å². The van der Waals surface area contributed by atoms with Gasteiger partial charge in [-0.2, -0.15) is 0 Å². The molecule has 1 fully saturated rings. The topological polar surface area (TPSA) is 167 Å². The molecule has 2 aliphatic heterocycles. The highest BCUT2D eigenvalue weighted by atomic mass is 32.2. The SMILES string of the molecule is CCN(CCOCCOc1ccc2c(c1)C(=O)N(C1CCC(=O)NC1=O)C2=O)CCOc1ccc(Oc2c(-c3ccc(S(C)(=O)=O)cc3)ccc3cc(OCc4ccccc4)ccc23)cc1. The Labute approximate surface area is 382 Å². The Kier molecular flexibility index (Phi) is 14.1. The molecule has 4 amide bonds. The highest BCUT2D eigenvalue weighted by molar-refractivity contribution is 7.90. The largest absolute Gasteiger partial charge is 0.492 e. The van der Waals surface area contributed by atoms with Crippen molar-refractivity contribution >= 4 is 44.2 Å². The number of hydrogen-bond donors (Lipinski definition) is 1. The number of hydrogen-bond acceptors (Lipinski definition) is 12. The minimum atomic E-state index is -3.36. The lowest BCUT2D eigenvalue weighted by atomic mass is 9.99. The van der Waals surface area contributed by atoms with Gasteiger partial charge in [0.1, 0.15) is 54.6 Å². The monoisotopic (exact) mass is 911 g/mol. The van der Waals surface area contributed by atoms with Crippen LogP contribution in [-0.4, -0.2) is 100 Å². The summed E-state index contributed by atoms with van der Waals surface area (Å²) in [5.74, 6) is 0.774. The summed E-state index contributed by atoms with van der Waals surface area (Å²) in [6, 6.07) is 37.6. The van der Waals surface area contributed by atoms with E-state index in [1.165, 1.54) is 18.4 Å². The second-order valence-electron chi connectivity index (χ2n) is 15.9. The standard InChI is InChI=1S/C51H49N3O11S/c1-3-53(25-27-61-29-30-63-40-17-22-44-45(32-40)51(58)54(50(44)57)46-23-24-47(55)52-49(46)56)26-28-62-37-12-14-38(15-13-37)65-48-42(35-9-18-41(19-10-35)66(2,59)60)20-11-36-31-39(16-21-43(36)48)64-33-34-7-5-4-6-8-34/h4-22,31-32,46H,3,23-30,33H2,1-2H3,(H,52,55,56). The summed E-state index contributed by atoms with van der Waals surface area (Å²) < 4.78 is 54.8. The molecule has 66 heavy (non-hydrogen) atoms. The number of likely N-dealkylation sites (N-methyl/N-ethyl adjacent to an activating group) is 1. The molecule has 340 valence electrons. The number of rotatable bonds is 20. The zero-order valence-electron chi connectivity index (χ0n) is 36.6. The first-order valence-electron chi connectivity index (χ1n) is 21.7. The third-order valence-corrected chi connectivity index (χ3v) is 12.5. The molecule has 15 heteroatoms. The van der Waals surface area contributed by atoms with Crippen molar-refractivity contribution in [1.29, 1.82) is 0 Å². The molecule has 1 unspecified atom stereocenters. The highest BCUT2D eigenvalue weighted by Crippen LogP contribution is 2.41. The van der Waals surface area contributed by atoms with Crippen molar-refractivity contribution in [3.8, 4) is 39.9 Å². The molecule has 14 nitrogen and oxygen atoms in total. The maximum Gasteiger partial charge on any atom is 0.262 e. The molecule has 1 N–H and O–H groups in total. The van der Waals surface area contributed by atoms with E-state index >= 15 is 0 Å². The molecule has 0 radical (unpaired) electrons. The average Bonchev–Trinajstić information content (AvgIpc) is 3.56. The molecule has 1 saturated heterocycles. The average molecular weight is 912 g/mol. The molecule has 2 heterocycles. The van der Waals surface area contributed by atoms with Gasteiger partial charge in [-0.3, -0.25) is 34.3 Å². The Morgan fingerprint density at radius 1 is 0.667 bits per heavy atom. The molecule has 2 aliphatic rings. The smallest absolute Gasteiger partial charge is 0.262 e. The van der Waals surface area contributed by atoms with Gasteiger partial charge in [-0.15, -0.1) is 0 Å². The maximum absolute atomic E-state index is 13.1. The molecule has 0 spiro atoms. The first-order valence-corrected chi connectivity index (χ1v) is 23.6. The second kappa shape index (κ2) is 20.4. The van der Waals surface area contributed by atoms with E-state index in [2.05, 4.69) is 17.1 Å². The van der Waals surface area contributed by atoms with Gasteiger partial charge in [-0.25, -0.2) is 8.42 Å². The number of carbonyl (C=O) groups is 4. The van der Waals surface area contributed by atoms with E-state index in [4.69, 9.17) is 23.7 Å². The maximum atomic E-state index is 13.1. The lowest BCUT2D eigenvalue weighted by Gasteiger charge is -2.27. The summed E-state index contributed by atoms with van der Waals surface area (Å²) >= 11 is 0. The second-order valence-corrected chi connectivity index (χ2v) is 17.9. The molecular formula is C51H49N3O11S. The van der Waals surface area contributed by atoms with Crippen LogP contribution < -0.4 is 24.3 Å². The van der Waals surface area contributed by atoms with Gasteiger partial charge in [-0.1, -0.05) is 55.5 Å². The van der Waals surface area contributed by atoms with Crippen LogP contribution >= 0.6 is 0 Å². The Hall–Kier alpha value is -7.07. The van der Waals surface area contributed by atoms with Gasteiger partial charge in [0.2, 0.25) is 11.8 Å². The summed E-state index contributed by atoms with van der Waals surface area (Å²) in [5.41, 5.74) is 3.01. The first-order chi connectivity index (χ1) is 31.9. The minimum Gasteiger partial charge on any atom is -0.492 e. The molecule has 1 atom stereocenters. The Bertz CT molecular complexity index is 2850. The van der Waals surface area contributed by atoms with Gasteiger partial charge >= 0.3 is 0 Å². The van der Waals surface area contributed by atoms with E-state index in [0.717, 1.165) is 44.7 Å². The fraction of sp³-hybridized carbons (Fsp3) is 0.255. The molecule has 0 saturated carbocycles. The van der Waals surface area contributed by atoms with E-state index < -0.39 is 39.5 Å². The molecule has 0 aromatic heterocycles. The predicted octanol–water partition coefficient (Wildman–Crippen LogP) is 7.48. The van der Waals surface area contributed by atoms with E-state index in [-0.39, 0.29) is 35.5 Å². The number of benzene rings is 6. The zero-order chi connectivity index (χ0) is 46.2. The van der Waals surface area contributed by atoms with Crippen LogP contribution in [-0.2, 0) is 30.8 Å². The molecular weight excluding hydrogens is 863 g/mol. The number of fused-ring (bicyclic) bond motifs is 2. The Morgan fingerprint density at radius 2 is 1.33 bits per heavy atom. The summed E-state index contributed by atoms with van der Waals surface area (Å²) in [5, 5.41) is 3.98. The van der Waals surface area contributed by atoms with E-state index in [0.29, 0.717) is 62.5 Å². The molecule has 6 aromatic rings. The van der Waals surface area contributed by atoms with Crippen molar-refractivity contribution in [2.75, 3.05) is 52.3 Å². The fourth-order valence-corrected chi connectivity index (χ4v) is 8.46.